The molecule has 1 saturated carbocycles. The molecule has 0 aliphatic heterocycles. The molecule has 0 spiro atoms. The quantitative estimate of drug-likeness (QED) is 0.645. The van der Waals surface area contributed by atoms with Crippen LogP contribution in [0.3, 0.4) is 0 Å². The van der Waals surface area contributed by atoms with Gasteiger partial charge in [-0.3, -0.25) is 9.69 Å². The third-order valence-electron chi connectivity index (χ3n) is 4.46. The van der Waals surface area contributed by atoms with E-state index in [1.165, 1.54) is 47.7 Å². The van der Waals surface area contributed by atoms with Crippen molar-refractivity contribution in [3.05, 3.63) is 75.7 Å². The first-order valence-electron chi connectivity index (χ1n) is 8.94. The lowest BCUT2D eigenvalue weighted by Crippen LogP contribution is -2.25. The largest absolute Gasteiger partial charge is 0.320 e. The highest BCUT2D eigenvalue weighted by Gasteiger charge is 2.30. The molecule has 144 valence electrons. The van der Waals surface area contributed by atoms with Crippen molar-refractivity contribution < 1.29 is 13.6 Å². The highest BCUT2D eigenvalue weighted by atomic mass is 32.1. The standard InChI is InChI=1S/C20H18F2N4OS/c21-14-3-1-13(2-4-14)11-26(17-9-10-17)12-18-24-25-20(28-18)19(27)23-16-7-5-15(22)6-8-16/h1-8,17H,9-12H2,(H,23,27). The topological polar surface area (TPSA) is 58.1 Å². The molecule has 1 fully saturated rings. The van der Waals surface area contributed by atoms with Gasteiger partial charge in [-0.1, -0.05) is 23.5 Å². The molecule has 1 heterocycles. The maximum absolute atomic E-state index is 13.1. The summed E-state index contributed by atoms with van der Waals surface area (Å²) in [6, 6.07) is 12.5. The maximum Gasteiger partial charge on any atom is 0.286 e. The molecule has 1 aliphatic carbocycles. The van der Waals surface area contributed by atoms with Crippen molar-refractivity contribution in [2.75, 3.05) is 5.32 Å². The van der Waals surface area contributed by atoms with Gasteiger partial charge in [0.15, 0.2) is 0 Å². The van der Waals surface area contributed by atoms with Crippen LogP contribution >= 0.6 is 11.3 Å². The van der Waals surface area contributed by atoms with Gasteiger partial charge in [-0.25, -0.2) is 8.78 Å². The second-order valence-electron chi connectivity index (χ2n) is 6.72. The van der Waals surface area contributed by atoms with Gasteiger partial charge < -0.3 is 5.32 Å². The van der Waals surface area contributed by atoms with E-state index in [1.54, 1.807) is 12.1 Å². The molecule has 5 nitrogen and oxygen atoms in total. The third kappa shape index (κ3) is 4.76. The minimum Gasteiger partial charge on any atom is -0.320 e. The Bertz CT molecular complexity index is 955. The van der Waals surface area contributed by atoms with Crippen LogP contribution in [0.1, 0.15) is 33.2 Å². The van der Waals surface area contributed by atoms with Gasteiger partial charge in [0.2, 0.25) is 5.01 Å². The predicted molar refractivity (Wildman–Crippen MR) is 103 cm³/mol. The van der Waals surface area contributed by atoms with E-state index in [1.807, 2.05) is 0 Å². The number of benzene rings is 2. The molecular formula is C20H18F2N4OS. The molecule has 0 atom stereocenters. The monoisotopic (exact) mass is 400 g/mol. The molecular weight excluding hydrogens is 382 g/mol. The lowest BCUT2D eigenvalue weighted by molar-refractivity contribution is 0.102. The number of aromatic nitrogens is 2. The van der Waals surface area contributed by atoms with E-state index in [4.69, 9.17) is 0 Å². The first-order chi connectivity index (χ1) is 13.6. The molecule has 1 amide bonds. The average molecular weight is 400 g/mol. The molecule has 3 aromatic rings. The number of hydrogen-bond donors (Lipinski definition) is 1. The Kier molecular flexibility index (Phi) is 5.40. The molecule has 1 aromatic heterocycles. The predicted octanol–water partition coefficient (Wildman–Crippen LogP) is 4.23. The molecule has 0 saturated heterocycles. The number of anilines is 1. The van der Waals surface area contributed by atoms with Gasteiger partial charge in [0.05, 0.1) is 6.54 Å². The molecule has 2 aromatic carbocycles. The smallest absolute Gasteiger partial charge is 0.286 e. The van der Waals surface area contributed by atoms with Crippen LogP contribution in [0.2, 0.25) is 0 Å². The molecule has 1 N–H and O–H groups in total. The number of carbonyl (C=O) groups is 1. The molecule has 8 heteroatoms. The maximum atomic E-state index is 13.1. The Balaban J connectivity index is 1.40. The normalized spacial score (nSPS) is 13.7. The van der Waals surface area contributed by atoms with Gasteiger partial charge in [0.25, 0.3) is 5.91 Å². The van der Waals surface area contributed by atoms with Crippen LogP contribution in [0.15, 0.2) is 48.5 Å². The number of amides is 1. The number of hydrogen-bond acceptors (Lipinski definition) is 5. The fourth-order valence-electron chi connectivity index (χ4n) is 2.88. The van der Waals surface area contributed by atoms with Crippen molar-refractivity contribution in [1.29, 1.82) is 0 Å². The summed E-state index contributed by atoms with van der Waals surface area (Å²) in [4.78, 5) is 14.6. The van der Waals surface area contributed by atoms with Gasteiger partial charge in [-0.15, -0.1) is 10.2 Å². The Morgan fingerprint density at radius 3 is 2.29 bits per heavy atom. The van der Waals surface area contributed by atoms with Crippen molar-refractivity contribution >= 4 is 22.9 Å². The molecule has 1 aliphatic rings. The van der Waals surface area contributed by atoms with Crippen molar-refractivity contribution in [2.24, 2.45) is 0 Å². The number of carbonyl (C=O) groups excluding carboxylic acids is 1. The molecule has 4 rings (SSSR count). The average Bonchev–Trinajstić information content (AvgIpc) is 3.43. The van der Waals surface area contributed by atoms with E-state index in [-0.39, 0.29) is 22.5 Å². The van der Waals surface area contributed by atoms with Crippen LogP contribution in [0.4, 0.5) is 14.5 Å². The second kappa shape index (κ2) is 8.12. The first-order valence-corrected chi connectivity index (χ1v) is 9.76. The van der Waals surface area contributed by atoms with Gasteiger partial charge in [0, 0.05) is 18.3 Å². The first kappa shape index (κ1) is 18.6. The van der Waals surface area contributed by atoms with Gasteiger partial charge in [-0.05, 0) is 54.8 Å². The minimum absolute atomic E-state index is 0.248. The lowest BCUT2D eigenvalue weighted by Gasteiger charge is -2.20. The van der Waals surface area contributed by atoms with Crippen LogP contribution in [0.25, 0.3) is 0 Å². The summed E-state index contributed by atoms with van der Waals surface area (Å²) >= 11 is 1.24. The molecule has 0 bridgehead atoms. The highest BCUT2D eigenvalue weighted by Crippen LogP contribution is 2.30. The highest BCUT2D eigenvalue weighted by molar-refractivity contribution is 7.13. The third-order valence-corrected chi connectivity index (χ3v) is 5.37. The zero-order valence-electron chi connectivity index (χ0n) is 14.9. The molecule has 28 heavy (non-hydrogen) atoms. The summed E-state index contributed by atoms with van der Waals surface area (Å²) in [5.74, 6) is -0.980. The molecule has 0 radical (unpaired) electrons. The fraction of sp³-hybridized carbons (Fsp3) is 0.250. The van der Waals surface area contributed by atoms with Gasteiger partial charge in [0.1, 0.15) is 16.6 Å². The van der Waals surface area contributed by atoms with E-state index in [0.29, 0.717) is 24.8 Å². The van der Waals surface area contributed by atoms with E-state index >= 15 is 0 Å². The van der Waals surface area contributed by atoms with Gasteiger partial charge in [-0.2, -0.15) is 0 Å². The Hall–Kier alpha value is -2.71. The lowest BCUT2D eigenvalue weighted by atomic mass is 10.2. The Labute approximate surface area is 165 Å². The van der Waals surface area contributed by atoms with Crippen molar-refractivity contribution in [3.8, 4) is 0 Å². The summed E-state index contributed by atoms with van der Waals surface area (Å²) in [7, 11) is 0. The number of halogens is 2. The summed E-state index contributed by atoms with van der Waals surface area (Å²) in [6.07, 6.45) is 2.25. The van der Waals surface area contributed by atoms with E-state index in [0.717, 1.165) is 23.4 Å². The zero-order chi connectivity index (χ0) is 19.5. The van der Waals surface area contributed by atoms with Crippen molar-refractivity contribution in [2.45, 2.75) is 32.0 Å². The van der Waals surface area contributed by atoms with Crippen LogP contribution in [0, 0.1) is 11.6 Å². The minimum atomic E-state index is -0.369. The van der Waals surface area contributed by atoms with Gasteiger partial charge >= 0.3 is 0 Å². The second-order valence-corrected chi connectivity index (χ2v) is 7.79. The van der Waals surface area contributed by atoms with Crippen LogP contribution in [-0.4, -0.2) is 27.0 Å². The van der Waals surface area contributed by atoms with E-state index in [9.17, 15) is 13.6 Å². The summed E-state index contributed by atoms with van der Waals surface area (Å²) < 4.78 is 26.1. The van der Waals surface area contributed by atoms with Crippen molar-refractivity contribution in [3.63, 3.8) is 0 Å². The number of nitrogens with zero attached hydrogens (tertiary/aromatic N) is 3. The Morgan fingerprint density at radius 1 is 1.00 bits per heavy atom. The summed E-state index contributed by atoms with van der Waals surface area (Å²) in [6.45, 7) is 1.28. The zero-order valence-corrected chi connectivity index (χ0v) is 15.8. The Morgan fingerprint density at radius 2 is 1.64 bits per heavy atom. The summed E-state index contributed by atoms with van der Waals surface area (Å²) in [5, 5.41) is 11.8. The van der Waals surface area contributed by atoms with Crippen molar-refractivity contribution in [1.82, 2.24) is 15.1 Å². The van der Waals surface area contributed by atoms with E-state index in [2.05, 4.69) is 20.4 Å². The van der Waals surface area contributed by atoms with E-state index < -0.39 is 0 Å². The summed E-state index contributed by atoms with van der Waals surface area (Å²) in [5.41, 5.74) is 1.53. The van der Waals surface area contributed by atoms with Crippen LogP contribution < -0.4 is 5.32 Å². The van der Waals surface area contributed by atoms with Crippen LogP contribution in [-0.2, 0) is 13.1 Å². The fourth-order valence-corrected chi connectivity index (χ4v) is 3.64. The SMILES string of the molecule is O=C(Nc1ccc(F)cc1)c1nnc(CN(Cc2ccc(F)cc2)C2CC2)s1. The molecule has 0 unspecified atom stereocenters. The number of nitrogens with one attached hydrogen (secondary N) is 1. The van der Waals surface area contributed by atoms with Crippen LogP contribution in [0.5, 0.6) is 0 Å². The number of rotatable bonds is 7.